The fraction of sp³-hybridized carbons (Fsp3) is 0.348. The summed E-state index contributed by atoms with van der Waals surface area (Å²) in [7, 11) is 0. The molecule has 1 aliphatic rings. The molecule has 160 valence electrons. The number of hydrogen-bond acceptors (Lipinski definition) is 8. The minimum absolute atomic E-state index is 0.00727. The van der Waals surface area contributed by atoms with Crippen molar-refractivity contribution in [3.63, 3.8) is 0 Å². The molecule has 0 unspecified atom stereocenters. The molecule has 1 fully saturated rings. The minimum Gasteiger partial charge on any atom is -0.491 e. The van der Waals surface area contributed by atoms with Gasteiger partial charge < -0.3 is 19.5 Å². The van der Waals surface area contributed by atoms with Gasteiger partial charge in [-0.25, -0.2) is 15.0 Å². The third-order valence-corrected chi connectivity index (χ3v) is 6.07. The van der Waals surface area contributed by atoms with Crippen molar-refractivity contribution in [2.45, 2.75) is 33.0 Å². The van der Waals surface area contributed by atoms with Crippen molar-refractivity contribution < 1.29 is 14.2 Å². The van der Waals surface area contributed by atoms with Crippen LogP contribution < -0.4 is 14.8 Å². The van der Waals surface area contributed by atoms with Crippen LogP contribution in [0.25, 0.3) is 21.1 Å². The first-order chi connectivity index (χ1) is 15.1. The third kappa shape index (κ3) is 4.13. The van der Waals surface area contributed by atoms with Crippen LogP contribution in [0.2, 0.25) is 0 Å². The fourth-order valence-corrected chi connectivity index (χ4v) is 4.26. The van der Waals surface area contributed by atoms with E-state index in [0.717, 1.165) is 45.8 Å². The Labute approximate surface area is 184 Å². The van der Waals surface area contributed by atoms with Gasteiger partial charge in [-0.1, -0.05) is 0 Å². The van der Waals surface area contributed by atoms with Crippen LogP contribution in [0.1, 0.15) is 20.8 Å². The lowest BCUT2D eigenvalue weighted by atomic mass is 10.0. The highest BCUT2D eigenvalue weighted by atomic mass is 32.1. The van der Waals surface area contributed by atoms with Gasteiger partial charge >= 0.3 is 0 Å². The Morgan fingerprint density at radius 2 is 1.90 bits per heavy atom. The number of ether oxygens (including phenoxy) is 3. The molecule has 1 aliphatic heterocycles. The number of anilines is 2. The van der Waals surface area contributed by atoms with Crippen LogP contribution in [0.5, 0.6) is 11.5 Å². The monoisotopic (exact) mass is 436 g/mol. The average Bonchev–Trinajstić information content (AvgIpc) is 3.14. The molecular weight excluding hydrogens is 412 g/mol. The zero-order chi connectivity index (χ0) is 21.4. The molecule has 0 spiro atoms. The zero-order valence-corrected chi connectivity index (χ0v) is 18.5. The number of aromatic nitrogens is 3. The van der Waals surface area contributed by atoms with Gasteiger partial charge in [0.25, 0.3) is 0 Å². The van der Waals surface area contributed by atoms with Crippen LogP contribution in [-0.2, 0) is 4.74 Å². The molecule has 1 atom stereocenters. The maximum atomic E-state index is 6.40. The van der Waals surface area contributed by atoms with Crippen molar-refractivity contribution in [2.24, 2.45) is 5.92 Å². The zero-order valence-electron chi connectivity index (χ0n) is 17.7. The Bertz CT molecular complexity index is 1220. The number of nitrogens with zero attached hydrogens (tertiary/aromatic N) is 3. The summed E-state index contributed by atoms with van der Waals surface area (Å²) in [5, 5.41) is 4.27. The highest BCUT2D eigenvalue weighted by molar-refractivity contribution is 7.16. The standard InChI is InChI=1S/C23H24N4O3S/c1-13(2)29-17-7-19-22(20(8-17)30-14(3)15-9-28-10-15)23(25-11-24-19)27-16-4-5-18-21(6-16)31-12-26-18/h4-8,11-15H,9-10H2,1-3H3,(H,24,25,27)/t14-/m1/s1. The Hall–Kier alpha value is -2.97. The molecule has 0 radical (unpaired) electrons. The molecule has 2 aromatic carbocycles. The maximum absolute atomic E-state index is 6.40. The summed E-state index contributed by atoms with van der Waals surface area (Å²) in [6.07, 6.45) is 1.61. The van der Waals surface area contributed by atoms with Gasteiger partial charge in [0.2, 0.25) is 0 Å². The van der Waals surface area contributed by atoms with Gasteiger partial charge in [0, 0.05) is 23.7 Å². The summed E-state index contributed by atoms with van der Waals surface area (Å²) in [6, 6.07) is 9.94. The molecule has 8 heteroatoms. The van der Waals surface area contributed by atoms with E-state index in [-0.39, 0.29) is 12.2 Å². The van der Waals surface area contributed by atoms with E-state index in [1.165, 1.54) is 0 Å². The average molecular weight is 437 g/mol. The largest absolute Gasteiger partial charge is 0.491 e. The predicted octanol–water partition coefficient (Wildman–Crippen LogP) is 5.18. The summed E-state index contributed by atoms with van der Waals surface area (Å²) in [4.78, 5) is 13.4. The highest BCUT2D eigenvalue weighted by Gasteiger charge is 2.27. The molecule has 1 saturated heterocycles. The quantitative estimate of drug-likeness (QED) is 0.427. The third-order valence-electron chi connectivity index (χ3n) is 5.28. The molecule has 2 aromatic heterocycles. The lowest BCUT2D eigenvalue weighted by Crippen LogP contribution is -2.39. The number of hydrogen-bond donors (Lipinski definition) is 1. The molecule has 1 N–H and O–H groups in total. The van der Waals surface area contributed by atoms with Crippen molar-refractivity contribution in [2.75, 3.05) is 18.5 Å². The van der Waals surface area contributed by atoms with E-state index in [1.807, 2.05) is 43.6 Å². The van der Waals surface area contributed by atoms with E-state index in [4.69, 9.17) is 14.2 Å². The van der Waals surface area contributed by atoms with Crippen molar-refractivity contribution in [1.82, 2.24) is 15.0 Å². The summed E-state index contributed by atoms with van der Waals surface area (Å²) in [5.74, 6) is 2.50. The van der Waals surface area contributed by atoms with Gasteiger partial charge in [0.15, 0.2) is 0 Å². The minimum atomic E-state index is 0.00727. The molecule has 7 nitrogen and oxygen atoms in total. The second kappa shape index (κ2) is 8.28. The number of fused-ring (bicyclic) bond motifs is 2. The van der Waals surface area contributed by atoms with E-state index in [0.29, 0.717) is 17.5 Å². The van der Waals surface area contributed by atoms with Gasteiger partial charge in [0.1, 0.15) is 29.7 Å². The Morgan fingerprint density at radius 1 is 1.03 bits per heavy atom. The molecule has 31 heavy (non-hydrogen) atoms. The van der Waals surface area contributed by atoms with Crippen molar-refractivity contribution in [1.29, 1.82) is 0 Å². The van der Waals surface area contributed by atoms with Crippen LogP contribution in [-0.4, -0.2) is 40.4 Å². The molecule has 0 bridgehead atoms. The van der Waals surface area contributed by atoms with Gasteiger partial charge in [-0.15, -0.1) is 11.3 Å². The first kappa shape index (κ1) is 20.0. The van der Waals surface area contributed by atoms with Crippen LogP contribution in [0.4, 0.5) is 11.5 Å². The second-order valence-electron chi connectivity index (χ2n) is 7.98. The summed E-state index contributed by atoms with van der Waals surface area (Å²) in [6.45, 7) is 7.52. The molecule has 0 amide bonds. The Morgan fingerprint density at radius 3 is 2.68 bits per heavy atom. The molecular formula is C23H24N4O3S. The lowest BCUT2D eigenvalue weighted by molar-refractivity contribution is -0.0774. The summed E-state index contributed by atoms with van der Waals surface area (Å²) < 4.78 is 18.8. The number of nitrogens with one attached hydrogen (secondary N) is 1. The first-order valence-electron chi connectivity index (χ1n) is 10.4. The number of thiazole rings is 1. The van der Waals surface area contributed by atoms with E-state index in [9.17, 15) is 0 Å². The predicted molar refractivity (Wildman–Crippen MR) is 123 cm³/mol. The molecule has 4 aromatic rings. The van der Waals surface area contributed by atoms with Crippen LogP contribution in [0, 0.1) is 5.92 Å². The van der Waals surface area contributed by atoms with Crippen molar-refractivity contribution in [3.8, 4) is 11.5 Å². The SMILES string of the molecule is CC(C)Oc1cc(O[C@H](C)C2COC2)c2c(Nc3ccc4ncsc4c3)ncnc2c1. The smallest absolute Gasteiger partial charge is 0.145 e. The summed E-state index contributed by atoms with van der Waals surface area (Å²) in [5.41, 5.74) is 4.54. The molecule has 3 heterocycles. The van der Waals surface area contributed by atoms with Gasteiger partial charge in [-0.3, -0.25) is 0 Å². The van der Waals surface area contributed by atoms with Crippen LogP contribution >= 0.6 is 11.3 Å². The fourth-order valence-electron chi connectivity index (χ4n) is 3.55. The number of benzene rings is 2. The van der Waals surface area contributed by atoms with E-state index in [2.05, 4.69) is 33.3 Å². The van der Waals surface area contributed by atoms with Gasteiger partial charge in [0.05, 0.1) is 45.9 Å². The van der Waals surface area contributed by atoms with E-state index < -0.39 is 0 Å². The summed E-state index contributed by atoms with van der Waals surface area (Å²) >= 11 is 1.61. The topological polar surface area (TPSA) is 78.4 Å². The van der Waals surface area contributed by atoms with Crippen LogP contribution in [0.15, 0.2) is 42.2 Å². The van der Waals surface area contributed by atoms with Crippen molar-refractivity contribution >= 4 is 44.0 Å². The molecule has 0 saturated carbocycles. The lowest BCUT2D eigenvalue weighted by Gasteiger charge is -2.32. The van der Waals surface area contributed by atoms with Crippen molar-refractivity contribution in [3.05, 3.63) is 42.2 Å². The van der Waals surface area contributed by atoms with Gasteiger partial charge in [-0.2, -0.15) is 0 Å². The van der Waals surface area contributed by atoms with E-state index >= 15 is 0 Å². The number of rotatable bonds is 7. The van der Waals surface area contributed by atoms with Crippen LogP contribution in [0.3, 0.4) is 0 Å². The Kier molecular flexibility index (Phi) is 5.33. The Balaban J connectivity index is 1.56. The molecule has 0 aliphatic carbocycles. The van der Waals surface area contributed by atoms with Gasteiger partial charge in [-0.05, 0) is 39.0 Å². The first-order valence-corrected chi connectivity index (χ1v) is 11.2. The highest BCUT2D eigenvalue weighted by Crippen LogP contribution is 2.37. The second-order valence-corrected chi connectivity index (χ2v) is 8.87. The molecule has 5 rings (SSSR count). The maximum Gasteiger partial charge on any atom is 0.145 e. The van der Waals surface area contributed by atoms with E-state index in [1.54, 1.807) is 17.7 Å². The normalized spacial score (nSPS) is 15.2.